The highest BCUT2D eigenvalue weighted by Gasteiger charge is 2.16. The average Bonchev–Trinajstić information content (AvgIpc) is 3.23. The molecule has 0 N–H and O–H groups in total. The van der Waals surface area contributed by atoms with Crippen LogP contribution in [0, 0.1) is 6.92 Å². The number of furan rings is 1. The Hall–Kier alpha value is -4.31. The molecule has 0 spiro atoms. The highest BCUT2D eigenvalue weighted by molar-refractivity contribution is 6.11. The maximum Gasteiger partial charge on any atom is 0.164 e. The van der Waals surface area contributed by atoms with Crippen LogP contribution in [0.1, 0.15) is 5.82 Å². The molecule has 0 aliphatic carbocycles. The lowest BCUT2D eigenvalue weighted by Crippen LogP contribution is -2.00. The first-order valence-electron chi connectivity index (χ1n) is 10.6. The van der Waals surface area contributed by atoms with Crippen molar-refractivity contribution in [3.63, 3.8) is 0 Å². The summed E-state index contributed by atoms with van der Waals surface area (Å²) in [5, 5.41) is 2.08. The topological polar surface area (TPSA) is 51.8 Å². The predicted octanol–water partition coefficient (Wildman–Crippen LogP) is 7.08. The third-order valence-corrected chi connectivity index (χ3v) is 5.62. The molecule has 0 bridgehead atoms. The molecule has 0 aliphatic rings. The van der Waals surface area contributed by atoms with Crippen LogP contribution in [0.3, 0.4) is 0 Å². The Labute approximate surface area is 185 Å². The highest BCUT2D eigenvalue weighted by Crippen LogP contribution is 2.35. The molecule has 4 nitrogen and oxygen atoms in total. The summed E-state index contributed by atoms with van der Waals surface area (Å²) in [4.78, 5) is 14.2. The fourth-order valence-electron chi connectivity index (χ4n) is 4.16. The minimum absolute atomic E-state index is 0.648. The molecule has 6 aromatic rings. The van der Waals surface area contributed by atoms with Gasteiger partial charge >= 0.3 is 0 Å². The van der Waals surface area contributed by atoms with Gasteiger partial charge in [-0.1, -0.05) is 78.9 Å². The van der Waals surface area contributed by atoms with Gasteiger partial charge in [0.25, 0.3) is 0 Å². The number of aromatic nitrogens is 3. The number of hydrogen-bond acceptors (Lipinski definition) is 4. The molecule has 6 rings (SSSR count). The zero-order valence-corrected chi connectivity index (χ0v) is 17.5. The number of benzene rings is 4. The third-order valence-electron chi connectivity index (χ3n) is 5.62. The summed E-state index contributed by atoms with van der Waals surface area (Å²) in [5.74, 6) is 1.99. The second kappa shape index (κ2) is 7.43. The van der Waals surface area contributed by atoms with Crippen molar-refractivity contribution in [1.82, 2.24) is 15.0 Å². The van der Waals surface area contributed by atoms with E-state index in [1.165, 1.54) is 0 Å². The van der Waals surface area contributed by atoms with Gasteiger partial charge in [-0.15, -0.1) is 0 Å². The van der Waals surface area contributed by atoms with Gasteiger partial charge in [0.1, 0.15) is 17.0 Å². The van der Waals surface area contributed by atoms with E-state index in [4.69, 9.17) is 9.40 Å². The Bertz CT molecular complexity index is 1590. The molecule has 0 fully saturated rings. The monoisotopic (exact) mass is 413 g/mol. The van der Waals surface area contributed by atoms with E-state index in [0.29, 0.717) is 17.5 Å². The quantitative estimate of drug-likeness (QED) is 0.311. The Kier molecular flexibility index (Phi) is 4.29. The molecule has 4 aromatic carbocycles. The lowest BCUT2D eigenvalue weighted by Gasteiger charge is -2.08. The van der Waals surface area contributed by atoms with Crippen molar-refractivity contribution in [2.24, 2.45) is 0 Å². The highest BCUT2D eigenvalue weighted by atomic mass is 16.3. The molecule has 0 atom stereocenters. The fourth-order valence-corrected chi connectivity index (χ4v) is 4.16. The van der Waals surface area contributed by atoms with Gasteiger partial charge in [0.15, 0.2) is 11.6 Å². The molecule has 0 aliphatic heterocycles. The van der Waals surface area contributed by atoms with E-state index in [1.807, 2.05) is 73.7 Å². The standard InChI is InChI=1S/C28H19N3O/c1-18-29-27(21-12-7-11-20(17-21)19-9-3-2-4-10-19)31-28(30-18)23-14-8-16-25-26(23)22-13-5-6-15-24(22)32-25/h2-17H,1H3. The summed E-state index contributed by atoms with van der Waals surface area (Å²) in [6, 6.07) is 32.7. The maximum atomic E-state index is 6.05. The van der Waals surface area contributed by atoms with Gasteiger partial charge in [-0.25, -0.2) is 15.0 Å². The summed E-state index contributed by atoms with van der Waals surface area (Å²) >= 11 is 0. The van der Waals surface area contributed by atoms with Crippen LogP contribution in [0.5, 0.6) is 0 Å². The van der Waals surface area contributed by atoms with Crippen LogP contribution in [0.2, 0.25) is 0 Å². The summed E-state index contributed by atoms with van der Waals surface area (Å²) in [7, 11) is 0. The molecular weight excluding hydrogens is 394 g/mol. The average molecular weight is 413 g/mol. The van der Waals surface area contributed by atoms with Crippen LogP contribution in [-0.2, 0) is 0 Å². The normalized spacial score (nSPS) is 11.3. The van der Waals surface area contributed by atoms with Crippen LogP contribution in [0.15, 0.2) is 101 Å². The van der Waals surface area contributed by atoms with Gasteiger partial charge in [0.05, 0.1) is 0 Å². The summed E-state index contributed by atoms with van der Waals surface area (Å²) in [5.41, 5.74) is 5.88. The van der Waals surface area contributed by atoms with Crippen molar-refractivity contribution in [3.05, 3.63) is 103 Å². The SMILES string of the molecule is Cc1nc(-c2cccc(-c3ccccc3)c2)nc(-c2cccc3oc4ccccc4c23)n1. The Balaban J connectivity index is 1.53. The third kappa shape index (κ3) is 3.13. The lowest BCUT2D eigenvalue weighted by molar-refractivity contribution is 0.669. The van der Waals surface area contributed by atoms with E-state index in [-0.39, 0.29) is 0 Å². The van der Waals surface area contributed by atoms with Crippen molar-refractivity contribution in [3.8, 4) is 33.9 Å². The Morgan fingerprint density at radius 2 is 1.25 bits per heavy atom. The van der Waals surface area contributed by atoms with E-state index in [0.717, 1.165) is 44.2 Å². The minimum Gasteiger partial charge on any atom is -0.456 e. The summed E-state index contributed by atoms with van der Waals surface area (Å²) < 4.78 is 6.05. The fraction of sp³-hybridized carbons (Fsp3) is 0.0357. The molecule has 0 radical (unpaired) electrons. The first-order chi connectivity index (χ1) is 15.8. The van der Waals surface area contributed by atoms with E-state index < -0.39 is 0 Å². The molecule has 0 amide bonds. The van der Waals surface area contributed by atoms with Gasteiger partial charge in [0.2, 0.25) is 0 Å². The van der Waals surface area contributed by atoms with E-state index >= 15 is 0 Å². The number of para-hydroxylation sites is 1. The number of hydrogen-bond donors (Lipinski definition) is 0. The predicted molar refractivity (Wildman–Crippen MR) is 128 cm³/mol. The molecule has 2 aromatic heterocycles. The largest absolute Gasteiger partial charge is 0.456 e. The maximum absolute atomic E-state index is 6.05. The number of rotatable bonds is 3. The first-order valence-corrected chi connectivity index (χ1v) is 10.6. The van der Waals surface area contributed by atoms with E-state index in [1.54, 1.807) is 0 Å². The van der Waals surface area contributed by atoms with Crippen molar-refractivity contribution in [2.75, 3.05) is 0 Å². The van der Waals surface area contributed by atoms with Gasteiger partial charge in [-0.05, 0) is 36.2 Å². The first kappa shape index (κ1) is 18.5. The number of nitrogens with zero attached hydrogens (tertiary/aromatic N) is 3. The van der Waals surface area contributed by atoms with Gasteiger partial charge in [0, 0.05) is 21.9 Å². The van der Waals surface area contributed by atoms with Crippen LogP contribution >= 0.6 is 0 Å². The Morgan fingerprint density at radius 1 is 0.562 bits per heavy atom. The van der Waals surface area contributed by atoms with Crippen LogP contribution in [-0.4, -0.2) is 15.0 Å². The van der Waals surface area contributed by atoms with Crippen molar-refractivity contribution in [2.45, 2.75) is 6.92 Å². The second-order valence-corrected chi connectivity index (χ2v) is 7.75. The van der Waals surface area contributed by atoms with Crippen molar-refractivity contribution >= 4 is 21.9 Å². The van der Waals surface area contributed by atoms with Gasteiger partial charge < -0.3 is 4.42 Å². The van der Waals surface area contributed by atoms with Crippen LogP contribution in [0.4, 0.5) is 0 Å². The molecule has 2 heterocycles. The Morgan fingerprint density at radius 3 is 2.16 bits per heavy atom. The van der Waals surface area contributed by atoms with E-state index in [9.17, 15) is 0 Å². The lowest BCUT2D eigenvalue weighted by atomic mass is 10.0. The van der Waals surface area contributed by atoms with Crippen LogP contribution < -0.4 is 0 Å². The van der Waals surface area contributed by atoms with Crippen molar-refractivity contribution < 1.29 is 4.42 Å². The molecular formula is C28H19N3O. The molecule has 0 saturated heterocycles. The molecule has 4 heteroatoms. The summed E-state index contributed by atoms with van der Waals surface area (Å²) in [6.07, 6.45) is 0. The molecule has 152 valence electrons. The van der Waals surface area contributed by atoms with Gasteiger partial charge in [-0.3, -0.25) is 0 Å². The zero-order valence-electron chi connectivity index (χ0n) is 17.5. The second-order valence-electron chi connectivity index (χ2n) is 7.75. The molecule has 0 unspecified atom stereocenters. The molecule has 32 heavy (non-hydrogen) atoms. The van der Waals surface area contributed by atoms with E-state index in [2.05, 4.69) is 40.3 Å². The van der Waals surface area contributed by atoms with Gasteiger partial charge in [-0.2, -0.15) is 0 Å². The minimum atomic E-state index is 0.648. The smallest absolute Gasteiger partial charge is 0.164 e. The number of fused-ring (bicyclic) bond motifs is 3. The zero-order chi connectivity index (χ0) is 21.5. The number of aryl methyl sites for hydroxylation is 1. The van der Waals surface area contributed by atoms with Crippen LogP contribution in [0.25, 0.3) is 55.8 Å². The summed E-state index contributed by atoms with van der Waals surface area (Å²) in [6.45, 7) is 1.91. The molecule has 0 saturated carbocycles. The van der Waals surface area contributed by atoms with Crippen molar-refractivity contribution in [1.29, 1.82) is 0 Å².